The lowest BCUT2D eigenvalue weighted by atomic mass is 10.1. The molecule has 0 radical (unpaired) electrons. The molecule has 126 valence electrons. The van der Waals surface area contributed by atoms with E-state index in [-0.39, 0.29) is 5.78 Å². The first-order valence-electron chi connectivity index (χ1n) is 8.21. The largest absolute Gasteiger partial charge is 0.327 e. The van der Waals surface area contributed by atoms with Crippen LogP contribution in [-0.2, 0) is 0 Å². The molecule has 0 atom stereocenters. The number of rotatable bonds is 6. The number of hydrogen-bond acceptors (Lipinski definition) is 5. The van der Waals surface area contributed by atoms with Gasteiger partial charge in [-0.1, -0.05) is 18.2 Å². The molecule has 25 heavy (non-hydrogen) atoms. The summed E-state index contributed by atoms with van der Waals surface area (Å²) in [5.74, 6) is 1.39. The molecule has 0 unspecified atom stereocenters. The fourth-order valence-electron chi connectivity index (χ4n) is 2.56. The van der Waals surface area contributed by atoms with E-state index in [2.05, 4.69) is 39.2 Å². The van der Waals surface area contributed by atoms with Crippen LogP contribution in [0.15, 0.2) is 66.9 Å². The summed E-state index contributed by atoms with van der Waals surface area (Å²) >= 11 is 0. The molecule has 1 N–H and O–H groups in total. The molecule has 2 aromatic carbocycles. The van der Waals surface area contributed by atoms with Gasteiger partial charge < -0.3 is 10.2 Å². The lowest BCUT2D eigenvalue weighted by molar-refractivity contribution is 0.101. The summed E-state index contributed by atoms with van der Waals surface area (Å²) < 4.78 is 0. The highest BCUT2D eigenvalue weighted by molar-refractivity contribution is 5.94. The van der Waals surface area contributed by atoms with Crippen molar-refractivity contribution in [2.45, 2.75) is 13.8 Å². The molecule has 5 nitrogen and oxygen atoms in total. The van der Waals surface area contributed by atoms with Crippen LogP contribution in [0.2, 0.25) is 0 Å². The lowest BCUT2D eigenvalue weighted by Crippen LogP contribution is -2.17. The number of para-hydroxylation sites is 1. The second kappa shape index (κ2) is 7.57. The number of carbonyl (C=O) groups is 1. The highest BCUT2D eigenvalue weighted by Gasteiger charge is 2.09. The predicted molar refractivity (Wildman–Crippen MR) is 101 cm³/mol. The van der Waals surface area contributed by atoms with Crippen molar-refractivity contribution >= 4 is 28.9 Å². The van der Waals surface area contributed by atoms with Crippen LogP contribution in [0, 0.1) is 0 Å². The van der Waals surface area contributed by atoms with Gasteiger partial charge in [0.2, 0.25) is 5.95 Å². The summed E-state index contributed by atoms with van der Waals surface area (Å²) in [7, 11) is 0. The highest BCUT2D eigenvalue weighted by Crippen LogP contribution is 2.24. The van der Waals surface area contributed by atoms with Gasteiger partial charge in [-0.15, -0.1) is 0 Å². The van der Waals surface area contributed by atoms with E-state index in [1.54, 1.807) is 25.3 Å². The first kappa shape index (κ1) is 16.6. The number of ketones is 1. The Morgan fingerprint density at radius 1 is 1.04 bits per heavy atom. The van der Waals surface area contributed by atoms with Gasteiger partial charge in [-0.3, -0.25) is 4.79 Å². The van der Waals surface area contributed by atoms with Gasteiger partial charge >= 0.3 is 0 Å². The molecule has 0 saturated heterocycles. The van der Waals surface area contributed by atoms with Crippen LogP contribution in [0.1, 0.15) is 24.2 Å². The average molecular weight is 332 g/mol. The van der Waals surface area contributed by atoms with Crippen molar-refractivity contribution in [3.63, 3.8) is 0 Å². The minimum absolute atomic E-state index is 0.0475. The van der Waals surface area contributed by atoms with E-state index in [0.29, 0.717) is 11.5 Å². The SMILES string of the molecule is CCN(c1ccccc1)c1ccnc(Nc2ccc(C(C)=O)cc2)n1. The van der Waals surface area contributed by atoms with E-state index >= 15 is 0 Å². The Balaban J connectivity index is 1.82. The third kappa shape index (κ3) is 4.01. The van der Waals surface area contributed by atoms with Gasteiger partial charge in [0.15, 0.2) is 5.78 Å². The number of benzene rings is 2. The van der Waals surface area contributed by atoms with E-state index in [1.807, 2.05) is 36.4 Å². The number of nitrogens with zero attached hydrogens (tertiary/aromatic N) is 3. The number of nitrogens with one attached hydrogen (secondary N) is 1. The number of hydrogen-bond donors (Lipinski definition) is 1. The monoisotopic (exact) mass is 332 g/mol. The molecule has 0 fully saturated rings. The van der Waals surface area contributed by atoms with Crippen molar-refractivity contribution in [3.8, 4) is 0 Å². The second-order valence-electron chi connectivity index (χ2n) is 5.58. The van der Waals surface area contributed by atoms with Crippen molar-refractivity contribution in [1.82, 2.24) is 9.97 Å². The highest BCUT2D eigenvalue weighted by atomic mass is 16.1. The van der Waals surface area contributed by atoms with Crippen LogP contribution in [-0.4, -0.2) is 22.3 Å². The summed E-state index contributed by atoms with van der Waals surface area (Å²) in [5, 5.41) is 3.18. The molecular weight excluding hydrogens is 312 g/mol. The summed E-state index contributed by atoms with van der Waals surface area (Å²) in [6.07, 6.45) is 1.74. The first-order valence-corrected chi connectivity index (χ1v) is 8.21. The lowest BCUT2D eigenvalue weighted by Gasteiger charge is -2.22. The van der Waals surface area contributed by atoms with Gasteiger partial charge in [-0.25, -0.2) is 4.98 Å². The summed E-state index contributed by atoms with van der Waals surface area (Å²) in [6, 6.07) is 19.3. The Labute approximate surface area is 147 Å². The number of Topliss-reactive ketones (excluding diaryl/α,β-unsaturated/α-hetero) is 1. The van der Waals surface area contributed by atoms with Crippen LogP contribution < -0.4 is 10.2 Å². The zero-order chi connectivity index (χ0) is 17.6. The van der Waals surface area contributed by atoms with E-state index in [9.17, 15) is 4.79 Å². The number of anilines is 4. The maximum absolute atomic E-state index is 11.4. The smallest absolute Gasteiger partial charge is 0.229 e. The van der Waals surface area contributed by atoms with E-state index in [1.165, 1.54) is 0 Å². The Morgan fingerprint density at radius 2 is 1.76 bits per heavy atom. The van der Waals surface area contributed by atoms with Crippen LogP contribution in [0.5, 0.6) is 0 Å². The normalized spacial score (nSPS) is 10.3. The van der Waals surface area contributed by atoms with E-state index < -0.39 is 0 Å². The van der Waals surface area contributed by atoms with Gasteiger partial charge in [0, 0.05) is 29.7 Å². The van der Waals surface area contributed by atoms with E-state index in [0.717, 1.165) is 23.7 Å². The molecule has 0 aliphatic carbocycles. The molecule has 1 aromatic heterocycles. The standard InChI is InChI=1S/C20H20N4O/c1-3-24(18-7-5-4-6-8-18)19-13-14-21-20(23-19)22-17-11-9-16(10-12-17)15(2)25/h4-14H,3H2,1-2H3,(H,21,22,23). The molecule has 0 spiro atoms. The molecular formula is C20H20N4O. The maximum atomic E-state index is 11.4. The van der Waals surface area contributed by atoms with Crippen molar-refractivity contribution < 1.29 is 4.79 Å². The summed E-state index contributed by atoms with van der Waals surface area (Å²) in [4.78, 5) is 22.4. The third-order valence-corrected chi connectivity index (χ3v) is 3.85. The van der Waals surface area contributed by atoms with Gasteiger partial charge in [0.05, 0.1) is 0 Å². The van der Waals surface area contributed by atoms with E-state index in [4.69, 9.17) is 0 Å². The molecule has 0 aliphatic heterocycles. The Kier molecular flexibility index (Phi) is 5.04. The van der Waals surface area contributed by atoms with Gasteiger partial charge in [0.25, 0.3) is 0 Å². The summed E-state index contributed by atoms with van der Waals surface area (Å²) in [5.41, 5.74) is 2.60. The second-order valence-corrected chi connectivity index (χ2v) is 5.58. The molecule has 3 aromatic rings. The van der Waals surface area contributed by atoms with Crippen LogP contribution in [0.25, 0.3) is 0 Å². The Hall–Kier alpha value is -3.21. The maximum Gasteiger partial charge on any atom is 0.229 e. The van der Waals surface area contributed by atoms with Crippen LogP contribution in [0.3, 0.4) is 0 Å². The Bertz CT molecular complexity index is 847. The molecule has 0 saturated carbocycles. The zero-order valence-electron chi connectivity index (χ0n) is 14.3. The predicted octanol–water partition coefficient (Wildman–Crippen LogP) is 4.58. The fourth-order valence-corrected chi connectivity index (χ4v) is 2.56. The van der Waals surface area contributed by atoms with Crippen LogP contribution >= 0.6 is 0 Å². The zero-order valence-corrected chi connectivity index (χ0v) is 14.3. The Morgan fingerprint density at radius 3 is 2.40 bits per heavy atom. The van der Waals surface area contributed by atoms with Gasteiger partial charge in [0.1, 0.15) is 5.82 Å². The quantitative estimate of drug-likeness (QED) is 0.670. The van der Waals surface area contributed by atoms with Gasteiger partial charge in [-0.2, -0.15) is 4.98 Å². The van der Waals surface area contributed by atoms with Crippen LogP contribution in [0.4, 0.5) is 23.1 Å². The number of carbonyl (C=O) groups excluding carboxylic acids is 1. The molecule has 0 aliphatic rings. The molecule has 0 amide bonds. The fraction of sp³-hybridized carbons (Fsp3) is 0.150. The molecule has 5 heteroatoms. The minimum Gasteiger partial charge on any atom is -0.327 e. The molecule has 3 rings (SSSR count). The minimum atomic E-state index is 0.0475. The topological polar surface area (TPSA) is 58.1 Å². The number of aromatic nitrogens is 2. The van der Waals surface area contributed by atoms with Crippen molar-refractivity contribution in [2.24, 2.45) is 0 Å². The first-order chi connectivity index (χ1) is 12.2. The molecule has 1 heterocycles. The molecule has 0 bridgehead atoms. The average Bonchev–Trinajstić information content (AvgIpc) is 2.64. The van der Waals surface area contributed by atoms with Crippen molar-refractivity contribution in [1.29, 1.82) is 0 Å². The van der Waals surface area contributed by atoms with Crippen molar-refractivity contribution in [3.05, 3.63) is 72.4 Å². The summed E-state index contributed by atoms with van der Waals surface area (Å²) in [6.45, 7) is 4.44. The van der Waals surface area contributed by atoms with Crippen molar-refractivity contribution in [2.75, 3.05) is 16.8 Å². The third-order valence-electron chi connectivity index (χ3n) is 3.85. The van der Waals surface area contributed by atoms with Gasteiger partial charge in [-0.05, 0) is 56.3 Å².